The van der Waals surface area contributed by atoms with Crippen LogP contribution >= 0.6 is 0 Å². The van der Waals surface area contributed by atoms with E-state index < -0.39 is 15.7 Å². The van der Waals surface area contributed by atoms with Crippen LogP contribution in [0.25, 0.3) is 0 Å². The van der Waals surface area contributed by atoms with Crippen LogP contribution in [0.15, 0.2) is 35.2 Å². The molecule has 1 saturated heterocycles. The smallest absolute Gasteiger partial charge is 0.246 e. The lowest BCUT2D eigenvalue weighted by Crippen LogP contribution is -2.50. The van der Waals surface area contributed by atoms with Crippen molar-refractivity contribution < 1.29 is 22.3 Å². The average molecular weight is 434 g/mol. The number of carbonyl (C=O) groups is 1. The van der Waals surface area contributed by atoms with Crippen molar-refractivity contribution in [3.05, 3.63) is 36.1 Å². The third kappa shape index (κ3) is 3.97. The van der Waals surface area contributed by atoms with Gasteiger partial charge in [-0.05, 0) is 43.2 Å². The second-order valence-corrected chi connectivity index (χ2v) is 9.52. The number of aromatic nitrogens is 1. The van der Waals surface area contributed by atoms with E-state index in [0.717, 1.165) is 25.2 Å². The number of anilines is 4. The van der Waals surface area contributed by atoms with Crippen molar-refractivity contribution >= 4 is 38.8 Å². The fourth-order valence-electron chi connectivity index (χ4n) is 3.71. The molecule has 1 aromatic heterocycles. The molecule has 1 amide bonds. The third-order valence-electron chi connectivity index (χ3n) is 5.43. The molecule has 1 aromatic carbocycles. The Morgan fingerprint density at radius 2 is 1.93 bits per heavy atom. The number of ether oxygens (including phenoxy) is 1. The summed E-state index contributed by atoms with van der Waals surface area (Å²) in [5.74, 6) is 0.353. The average Bonchev–Trinajstić information content (AvgIpc) is 2.72. The molecule has 8 nitrogen and oxygen atoms in total. The highest BCUT2D eigenvalue weighted by molar-refractivity contribution is 7.90. The van der Waals surface area contributed by atoms with Gasteiger partial charge in [0.25, 0.3) is 0 Å². The molecule has 0 aliphatic carbocycles. The highest BCUT2D eigenvalue weighted by Gasteiger charge is 2.33. The van der Waals surface area contributed by atoms with Crippen LogP contribution in [0.5, 0.6) is 0 Å². The van der Waals surface area contributed by atoms with E-state index in [-0.39, 0.29) is 29.1 Å². The molecule has 3 heterocycles. The van der Waals surface area contributed by atoms with Crippen LogP contribution in [0, 0.1) is 5.82 Å². The second-order valence-electron chi connectivity index (χ2n) is 7.50. The molecule has 0 bridgehead atoms. The summed E-state index contributed by atoms with van der Waals surface area (Å²) in [5.41, 5.74) is 0.809. The highest BCUT2D eigenvalue weighted by Crippen LogP contribution is 2.36. The van der Waals surface area contributed by atoms with Crippen molar-refractivity contribution in [3.8, 4) is 0 Å². The van der Waals surface area contributed by atoms with E-state index in [1.807, 2.05) is 4.90 Å². The number of hydrogen-bond donors (Lipinski definition) is 1. The molecule has 2 aromatic rings. The van der Waals surface area contributed by atoms with Crippen molar-refractivity contribution in [2.24, 2.45) is 0 Å². The Bertz CT molecular complexity index is 1090. The van der Waals surface area contributed by atoms with E-state index in [2.05, 4.69) is 10.3 Å². The number of carbonyl (C=O) groups excluding carboxylic acids is 1. The van der Waals surface area contributed by atoms with E-state index >= 15 is 0 Å². The van der Waals surface area contributed by atoms with Crippen LogP contribution in [0.1, 0.15) is 12.8 Å². The largest absolute Gasteiger partial charge is 0.381 e. The zero-order valence-corrected chi connectivity index (χ0v) is 17.6. The summed E-state index contributed by atoms with van der Waals surface area (Å²) in [5, 5.41) is 2.91. The number of pyridine rings is 1. The summed E-state index contributed by atoms with van der Waals surface area (Å²) in [4.78, 5) is 20.6. The Hall–Kier alpha value is -2.72. The molecule has 160 valence electrons. The van der Waals surface area contributed by atoms with Crippen molar-refractivity contribution in [1.29, 1.82) is 0 Å². The Morgan fingerprint density at radius 1 is 1.20 bits per heavy atom. The van der Waals surface area contributed by atoms with Crippen molar-refractivity contribution in [3.63, 3.8) is 0 Å². The fourth-order valence-corrected chi connectivity index (χ4v) is 4.34. The molecule has 0 radical (unpaired) electrons. The molecule has 0 saturated carbocycles. The lowest BCUT2D eigenvalue weighted by Gasteiger charge is -2.40. The summed E-state index contributed by atoms with van der Waals surface area (Å²) in [6.45, 7) is 1.49. The van der Waals surface area contributed by atoms with E-state index in [0.29, 0.717) is 30.5 Å². The van der Waals surface area contributed by atoms with Crippen LogP contribution in [-0.2, 0) is 19.4 Å². The number of benzene rings is 1. The van der Waals surface area contributed by atoms with E-state index in [9.17, 15) is 17.6 Å². The molecule has 10 heteroatoms. The summed E-state index contributed by atoms with van der Waals surface area (Å²) in [6.07, 6.45) is 2.64. The van der Waals surface area contributed by atoms with Gasteiger partial charge in [0.1, 0.15) is 11.6 Å². The molecule has 0 atom stereocenters. The van der Waals surface area contributed by atoms with E-state index in [1.54, 1.807) is 24.1 Å². The van der Waals surface area contributed by atoms with Gasteiger partial charge in [0.05, 0.1) is 22.8 Å². The standard InChI is InChI=1S/C20H23FN4O4S/c1-24-17-5-6-18(22-16-4-3-14(11-15(16)21)30(2,27)28)23-20(17)25(12-19(24)26)13-7-9-29-10-8-13/h3-6,11,13H,7-10,12H2,1-2H3,(H,22,23). The van der Waals surface area contributed by atoms with E-state index in [1.165, 1.54) is 12.1 Å². The van der Waals surface area contributed by atoms with Gasteiger partial charge in [0, 0.05) is 32.6 Å². The highest BCUT2D eigenvalue weighted by atomic mass is 32.2. The molecule has 0 unspecified atom stereocenters. The normalized spacial score (nSPS) is 17.8. The first-order valence-electron chi connectivity index (χ1n) is 9.62. The maximum atomic E-state index is 14.5. The van der Waals surface area contributed by atoms with Gasteiger partial charge in [-0.1, -0.05) is 0 Å². The first-order chi connectivity index (χ1) is 14.2. The Labute approximate surface area is 174 Å². The topological polar surface area (TPSA) is 91.8 Å². The molecule has 30 heavy (non-hydrogen) atoms. The maximum absolute atomic E-state index is 14.5. The van der Waals surface area contributed by atoms with Crippen LogP contribution in [0.4, 0.5) is 27.4 Å². The lowest BCUT2D eigenvalue weighted by atomic mass is 10.1. The van der Waals surface area contributed by atoms with Gasteiger partial charge in [-0.2, -0.15) is 0 Å². The monoisotopic (exact) mass is 434 g/mol. The molecular formula is C20H23FN4O4S. The number of halogens is 1. The van der Waals surface area contributed by atoms with Gasteiger partial charge in [-0.3, -0.25) is 4.79 Å². The van der Waals surface area contributed by atoms with Gasteiger partial charge >= 0.3 is 0 Å². The molecule has 2 aliphatic rings. The van der Waals surface area contributed by atoms with Gasteiger partial charge in [0.2, 0.25) is 5.91 Å². The predicted octanol–water partition coefficient (Wildman–Crippen LogP) is 2.33. The Balaban J connectivity index is 1.66. The lowest BCUT2D eigenvalue weighted by molar-refractivity contribution is -0.117. The quantitative estimate of drug-likeness (QED) is 0.790. The SMILES string of the molecule is CN1C(=O)CN(C2CCOCC2)c2nc(Nc3ccc(S(C)(=O)=O)cc3F)ccc21. The third-order valence-corrected chi connectivity index (χ3v) is 6.54. The van der Waals surface area contributed by atoms with Gasteiger partial charge in [0.15, 0.2) is 15.7 Å². The van der Waals surface area contributed by atoms with Crippen LogP contribution in [-0.4, -0.2) is 58.4 Å². The van der Waals surface area contributed by atoms with Gasteiger partial charge in [-0.25, -0.2) is 17.8 Å². The number of fused-ring (bicyclic) bond motifs is 1. The van der Waals surface area contributed by atoms with E-state index in [4.69, 9.17) is 4.74 Å². The Kier molecular flexibility index (Phi) is 5.37. The molecule has 0 spiro atoms. The number of likely N-dealkylation sites (N-methyl/N-ethyl adjacent to an activating group) is 1. The number of rotatable bonds is 4. The molecular weight excluding hydrogens is 411 g/mol. The second kappa shape index (κ2) is 7.84. The number of amides is 1. The number of nitrogens with zero attached hydrogens (tertiary/aromatic N) is 3. The first kappa shape index (κ1) is 20.5. The van der Waals surface area contributed by atoms with Crippen LogP contribution in [0.3, 0.4) is 0 Å². The minimum absolute atomic E-state index is 0.0149. The molecule has 2 aliphatic heterocycles. The number of nitrogens with one attached hydrogen (secondary N) is 1. The van der Waals surface area contributed by atoms with Gasteiger partial charge in [-0.15, -0.1) is 0 Å². The summed E-state index contributed by atoms with van der Waals surface area (Å²) >= 11 is 0. The van der Waals surface area contributed by atoms with Crippen LogP contribution in [0.2, 0.25) is 0 Å². The predicted molar refractivity (Wildman–Crippen MR) is 112 cm³/mol. The Morgan fingerprint density at radius 3 is 2.60 bits per heavy atom. The zero-order valence-electron chi connectivity index (χ0n) is 16.8. The number of sulfone groups is 1. The summed E-state index contributed by atoms with van der Waals surface area (Å²) < 4.78 is 43.1. The zero-order chi connectivity index (χ0) is 21.5. The van der Waals surface area contributed by atoms with Crippen molar-refractivity contribution in [2.45, 2.75) is 23.8 Å². The van der Waals surface area contributed by atoms with Crippen molar-refractivity contribution in [1.82, 2.24) is 4.98 Å². The minimum Gasteiger partial charge on any atom is -0.381 e. The van der Waals surface area contributed by atoms with Crippen LogP contribution < -0.4 is 15.1 Å². The summed E-state index contributed by atoms with van der Waals surface area (Å²) in [7, 11) is -1.79. The molecule has 1 fully saturated rings. The molecule has 1 N–H and O–H groups in total. The first-order valence-corrected chi connectivity index (χ1v) is 11.5. The molecule has 4 rings (SSSR count). The fraction of sp³-hybridized carbons (Fsp3) is 0.400. The minimum atomic E-state index is -3.50. The number of hydrogen-bond acceptors (Lipinski definition) is 7. The van der Waals surface area contributed by atoms with Crippen molar-refractivity contribution in [2.75, 3.05) is 48.2 Å². The maximum Gasteiger partial charge on any atom is 0.246 e. The summed E-state index contributed by atoms with van der Waals surface area (Å²) in [6, 6.07) is 7.29. The van der Waals surface area contributed by atoms with Gasteiger partial charge < -0.3 is 19.9 Å².